The SMILES string of the molecule is Cl.Cl.O=C(C1COCCN1)N1CCCN(C2CCCC2)CC1. The van der Waals surface area contributed by atoms with E-state index in [1.54, 1.807) is 0 Å². The minimum Gasteiger partial charge on any atom is -0.378 e. The molecule has 1 aliphatic carbocycles. The fourth-order valence-corrected chi connectivity index (χ4v) is 3.74. The van der Waals surface area contributed by atoms with E-state index in [9.17, 15) is 4.79 Å². The number of rotatable bonds is 2. The highest BCUT2D eigenvalue weighted by Gasteiger charge is 2.29. The maximum atomic E-state index is 12.5. The summed E-state index contributed by atoms with van der Waals surface area (Å²) in [6.07, 6.45) is 6.58. The van der Waals surface area contributed by atoms with Crippen molar-refractivity contribution in [2.45, 2.75) is 44.2 Å². The van der Waals surface area contributed by atoms with Crippen LogP contribution in [0.5, 0.6) is 0 Å². The van der Waals surface area contributed by atoms with Gasteiger partial charge in [-0.15, -0.1) is 24.8 Å². The Balaban J connectivity index is 0.00000121. The number of carbonyl (C=O) groups excluding carboxylic acids is 1. The molecule has 22 heavy (non-hydrogen) atoms. The van der Waals surface area contributed by atoms with Gasteiger partial charge >= 0.3 is 0 Å². The van der Waals surface area contributed by atoms with Crippen molar-refractivity contribution in [2.24, 2.45) is 0 Å². The standard InChI is InChI=1S/C15H27N3O2.2ClH/c19-15(14-12-20-11-6-16-14)18-8-3-7-17(9-10-18)13-4-1-2-5-13;;/h13-14,16H,1-12H2;2*1H. The van der Waals surface area contributed by atoms with E-state index in [2.05, 4.69) is 10.2 Å². The van der Waals surface area contributed by atoms with Crippen LogP contribution in [-0.2, 0) is 9.53 Å². The molecule has 0 radical (unpaired) electrons. The van der Waals surface area contributed by atoms with Crippen molar-refractivity contribution in [2.75, 3.05) is 45.9 Å². The van der Waals surface area contributed by atoms with E-state index >= 15 is 0 Å². The first-order valence-corrected chi connectivity index (χ1v) is 8.18. The summed E-state index contributed by atoms with van der Waals surface area (Å²) in [5.74, 6) is 0.234. The number of morpholine rings is 1. The zero-order valence-electron chi connectivity index (χ0n) is 13.2. The molecule has 2 aliphatic heterocycles. The summed E-state index contributed by atoms with van der Waals surface area (Å²) in [7, 11) is 0. The van der Waals surface area contributed by atoms with Gasteiger partial charge in [0.15, 0.2) is 0 Å². The summed E-state index contributed by atoms with van der Waals surface area (Å²) in [4.78, 5) is 17.2. The second-order valence-corrected chi connectivity index (χ2v) is 6.23. The molecule has 2 saturated heterocycles. The minimum absolute atomic E-state index is 0. The molecular formula is C15H29Cl2N3O2. The van der Waals surface area contributed by atoms with Gasteiger partial charge in [-0.1, -0.05) is 12.8 Å². The summed E-state index contributed by atoms with van der Waals surface area (Å²) in [5.41, 5.74) is 0. The molecule has 0 aromatic carbocycles. The van der Waals surface area contributed by atoms with Crippen LogP contribution in [0.2, 0.25) is 0 Å². The van der Waals surface area contributed by atoms with E-state index in [0.717, 1.165) is 51.8 Å². The molecule has 0 aromatic rings. The first-order chi connectivity index (χ1) is 9.84. The van der Waals surface area contributed by atoms with Crippen LogP contribution in [0.15, 0.2) is 0 Å². The molecule has 7 heteroatoms. The fraction of sp³-hybridized carbons (Fsp3) is 0.933. The van der Waals surface area contributed by atoms with Crippen LogP contribution < -0.4 is 5.32 Å². The first-order valence-electron chi connectivity index (χ1n) is 8.18. The zero-order valence-corrected chi connectivity index (χ0v) is 14.8. The van der Waals surface area contributed by atoms with Gasteiger partial charge in [0, 0.05) is 38.8 Å². The van der Waals surface area contributed by atoms with Crippen molar-refractivity contribution in [1.29, 1.82) is 0 Å². The quantitative estimate of drug-likeness (QED) is 0.812. The highest BCUT2D eigenvalue weighted by Crippen LogP contribution is 2.24. The van der Waals surface area contributed by atoms with Crippen LogP contribution in [0.4, 0.5) is 0 Å². The molecule has 3 rings (SSSR count). The molecular weight excluding hydrogens is 325 g/mol. The lowest BCUT2D eigenvalue weighted by Crippen LogP contribution is -2.53. The number of hydrogen-bond acceptors (Lipinski definition) is 4. The normalized spacial score (nSPS) is 27.6. The van der Waals surface area contributed by atoms with Gasteiger partial charge < -0.3 is 15.0 Å². The van der Waals surface area contributed by atoms with Crippen molar-refractivity contribution in [1.82, 2.24) is 15.1 Å². The second-order valence-electron chi connectivity index (χ2n) is 6.23. The average Bonchev–Trinajstić information content (AvgIpc) is 2.92. The Bertz CT molecular complexity index is 335. The number of halogens is 2. The fourth-order valence-electron chi connectivity index (χ4n) is 3.74. The molecule has 1 atom stereocenters. The van der Waals surface area contributed by atoms with Gasteiger partial charge in [-0.3, -0.25) is 9.69 Å². The molecule has 130 valence electrons. The Labute approximate surface area is 145 Å². The maximum absolute atomic E-state index is 12.5. The van der Waals surface area contributed by atoms with E-state index in [1.165, 1.54) is 25.7 Å². The Morgan fingerprint density at radius 1 is 1.00 bits per heavy atom. The molecule has 1 unspecified atom stereocenters. The molecule has 0 spiro atoms. The van der Waals surface area contributed by atoms with Crippen LogP contribution in [-0.4, -0.2) is 73.7 Å². The third-order valence-corrected chi connectivity index (χ3v) is 4.90. The van der Waals surface area contributed by atoms with Gasteiger partial charge in [0.05, 0.1) is 13.2 Å². The molecule has 0 bridgehead atoms. The van der Waals surface area contributed by atoms with Crippen molar-refractivity contribution in [3.8, 4) is 0 Å². The predicted molar refractivity (Wildman–Crippen MR) is 92.1 cm³/mol. The lowest BCUT2D eigenvalue weighted by atomic mass is 10.2. The molecule has 3 fully saturated rings. The molecule has 3 aliphatic rings. The van der Waals surface area contributed by atoms with Gasteiger partial charge in [-0.2, -0.15) is 0 Å². The second kappa shape index (κ2) is 9.93. The summed E-state index contributed by atoms with van der Waals surface area (Å²) in [6, 6.07) is 0.656. The van der Waals surface area contributed by atoms with Gasteiger partial charge in [-0.25, -0.2) is 0 Å². The van der Waals surface area contributed by atoms with Gasteiger partial charge in [-0.05, 0) is 19.3 Å². The molecule has 0 aromatic heterocycles. The topological polar surface area (TPSA) is 44.8 Å². The van der Waals surface area contributed by atoms with Crippen LogP contribution in [0.25, 0.3) is 0 Å². The molecule has 2 heterocycles. The number of hydrogen-bond donors (Lipinski definition) is 1. The third-order valence-electron chi connectivity index (χ3n) is 4.90. The minimum atomic E-state index is -0.123. The van der Waals surface area contributed by atoms with E-state index in [1.807, 2.05) is 4.90 Å². The molecule has 1 amide bonds. The summed E-state index contributed by atoms with van der Waals surface area (Å²) in [6.45, 7) is 6.03. The molecule has 1 saturated carbocycles. The monoisotopic (exact) mass is 353 g/mol. The Morgan fingerprint density at radius 3 is 2.45 bits per heavy atom. The highest BCUT2D eigenvalue weighted by atomic mass is 35.5. The third kappa shape index (κ3) is 4.96. The first kappa shape index (κ1) is 20.0. The number of carbonyl (C=O) groups is 1. The number of amides is 1. The number of ether oxygens (including phenoxy) is 1. The van der Waals surface area contributed by atoms with Crippen molar-refractivity contribution < 1.29 is 9.53 Å². The summed E-state index contributed by atoms with van der Waals surface area (Å²) in [5, 5.41) is 3.27. The predicted octanol–water partition coefficient (Wildman–Crippen LogP) is 1.30. The largest absolute Gasteiger partial charge is 0.378 e. The lowest BCUT2D eigenvalue weighted by molar-refractivity contribution is -0.136. The smallest absolute Gasteiger partial charge is 0.242 e. The van der Waals surface area contributed by atoms with E-state index in [-0.39, 0.29) is 36.8 Å². The van der Waals surface area contributed by atoms with E-state index < -0.39 is 0 Å². The number of nitrogens with zero attached hydrogens (tertiary/aromatic N) is 2. The van der Waals surface area contributed by atoms with Crippen LogP contribution in [0.1, 0.15) is 32.1 Å². The van der Waals surface area contributed by atoms with Crippen molar-refractivity contribution in [3.05, 3.63) is 0 Å². The Kier molecular flexibility index (Phi) is 9.02. The van der Waals surface area contributed by atoms with Gasteiger partial charge in [0.2, 0.25) is 5.91 Å². The summed E-state index contributed by atoms with van der Waals surface area (Å²) >= 11 is 0. The summed E-state index contributed by atoms with van der Waals surface area (Å²) < 4.78 is 5.41. The zero-order chi connectivity index (χ0) is 13.8. The number of nitrogens with one attached hydrogen (secondary N) is 1. The average molecular weight is 354 g/mol. The maximum Gasteiger partial charge on any atom is 0.242 e. The van der Waals surface area contributed by atoms with Crippen LogP contribution >= 0.6 is 24.8 Å². The molecule has 5 nitrogen and oxygen atoms in total. The lowest BCUT2D eigenvalue weighted by Gasteiger charge is -2.30. The van der Waals surface area contributed by atoms with Gasteiger partial charge in [0.25, 0.3) is 0 Å². The van der Waals surface area contributed by atoms with Crippen molar-refractivity contribution >= 4 is 30.7 Å². The van der Waals surface area contributed by atoms with E-state index in [0.29, 0.717) is 6.61 Å². The van der Waals surface area contributed by atoms with Crippen molar-refractivity contribution in [3.63, 3.8) is 0 Å². The highest BCUT2D eigenvalue weighted by molar-refractivity contribution is 5.85. The van der Waals surface area contributed by atoms with Gasteiger partial charge in [0.1, 0.15) is 6.04 Å². The van der Waals surface area contributed by atoms with Crippen LogP contribution in [0.3, 0.4) is 0 Å². The van der Waals surface area contributed by atoms with Crippen LogP contribution in [0, 0.1) is 0 Å². The Hall–Kier alpha value is -0.0700. The Morgan fingerprint density at radius 2 is 1.77 bits per heavy atom. The molecule has 1 N–H and O–H groups in total. The van der Waals surface area contributed by atoms with E-state index in [4.69, 9.17) is 4.74 Å².